The lowest BCUT2D eigenvalue weighted by Gasteiger charge is -1.88. The summed E-state index contributed by atoms with van der Waals surface area (Å²) in [4.78, 5) is 0.998. The van der Waals surface area contributed by atoms with E-state index >= 15 is 0 Å². The Kier molecular flexibility index (Phi) is 2.14. The van der Waals surface area contributed by atoms with Crippen LogP contribution in [0.15, 0.2) is 35.2 Å². The van der Waals surface area contributed by atoms with E-state index in [-0.39, 0.29) is 0 Å². The van der Waals surface area contributed by atoms with E-state index in [1.54, 1.807) is 6.26 Å². The number of benzene rings is 1. The highest BCUT2D eigenvalue weighted by molar-refractivity contribution is 7.90. The SMILES string of the molecule is C[S+](O)c1ccccc1. The van der Waals surface area contributed by atoms with Crippen molar-refractivity contribution in [1.82, 2.24) is 0 Å². The lowest BCUT2D eigenvalue weighted by atomic mass is 10.4. The standard InChI is InChI=1S/C7H9OS/c1-9(8)7-5-3-2-4-6-7/h2-6,8H,1H3/q+1. The first kappa shape index (κ1) is 6.65. The van der Waals surface area contributed by atoms with E-state index in [4.69, 9.17) is 4.55 Å². The minimum atomic E-state index is -0.579. The molecule has 1 aromatic rings. The Morgan fingerprint density at radius 2 is 1.78 bits per heavy atom. The van der Waals surface area contributed by atoms with Crippen LogP contribution in [0.5, 0.6) is 0 Å². The largest absolute Gasteiger partial charge is 0.189 e. The van der Waals surface area contributed by atoms with Crippen molar-refractivity contribution in [3.8, 4) is 0 Å². The zero-order chi connectivity index (χ0) is 6.69. The molecule has 1 atom stereocenters. The second kappa shape index (κ2) is 2.90. The van der Waals surface area contributed by atoms with Crippen LogP contribution in [-0.4, -0.2) is 10.8 Å². The molecule has 0 radical (unpaired) electrons. The maximum Gasteiger partial charge on any atom is 0.189 e. The molecular weight excluding hydrogens is 132 g/mol. The Morgan fingerprint density at radius 3 is 2.11 bits per heavy atom. The van der Waals surface area contributed by atoms with Gasteiger partial charge in [0.1, 0.15) is 6.26 Å². The topological polar surface area (TPSA) is 20.2 Å². The molecule has 0 saturated heterocycles. The van der Waals surface area contributed by atoms with Crippen molar-refractivity contribution < 1.29 is 4.55 Å². The van der Waals surface area contributed by atoms with Gasteiger partial charge in [-0.1, -0.05) is 18.2 Å². The van der Waals surface area contributed by atoms with Crippen molar-refractivity contribution in [2.75, 3.05) is 6.26 Å². The molecule has 0 saturated carbocycles. The molecule has 0 spiro atoms. The van der Waals surface area contributed by atoms with Crippen molar-refractivity contribution in [3.05, 3.63) is 30.3 Å². The van der Waals surface area contributed by atoms with Gasteiger partial charge in [-0.15, -0.1) is 0 Å². The molecule has 48 valence electrons. The third-order valence-corrected chi connectivity index (χ3v) is 2.04. The van der Waals surface area contributed by atoms with E-state index in [1.807, 2.05) is 30.3 Å². The molecule has 0 amide bonds. The Balaban J connectivity index is 2.85. The summed E-state index contributed by atoms with van der Waals surface area (Å²) in [5, 5.41) is 0. The first-order valence-electron chi connectivity index (χ1n) is 2.71. The second-order valence-electron chi connectivity index (χ2n) is 1.79. The van der Waals surface area contributed by atoms with Gasteiger partial charge in [0.15, 0.2) is 16.1 Å². The highest BCUT2D eigenvalue weighted by atomic mass is 32.2. The highest BCUT2D eigenvalue weighted by Crippen LogP contribution is 2.05. The van der Waals surface area contributed by atoms with Crippen LogP contribution < -0.4 is 0 Å². The number of rotatable bonds is 1. The van der Waals surface area contributed by atoms with E-state index in [0.717, 1.165) is 4.90 Å². The summed E-state index contributed by atoms with van der Waals surface area (Å²) >= 11 is -0.579. The van der Waals surface area contributed by atoms with Crippen molar-refractivity contribution in [1.29, 1.82) is 0 Å². The molecule has 1 rings (SSSR count). The van der Waals surface area contributed by atoms with E-state index < -0.39 is 11.2 Å². The zero-order valence-electron chi connectivity index (χ0n) is 5.24. The van der Waals surface area contributed by atoms with Crippen LogP contribution in [0.2, 0.25) is 0 Å². The number of hydrogen-bond donors (Lipinski definition) is 1. The summed E-state index contributed by atoms with van der Waals surface area (Å²) in [6, 6.07) is 9.63. The highest BCUT2D eigenvalue weighted by Gasteiger charge is 2.08. The first-order valence-corrected chi connectivity index (χ1v) is 4.30. The molecule has 0 aliphatic carbocycles. The van der Waals surface area contributed by atoms with Gasteiger partial charge in [0.05, 0.1) is 0 Å². The molecule has 0 bridgehead atoms. The Hall–Kier alpha value is -0.470. The second-order valence-corrected chi connectivity index (χ2v) is 3.22. The average Bonchev–Trinajstić information content (AvgIpc) is 1.90. The first-order chi connectivity index (χ1) is 4.30. The molecule has 0 heterocycles. The van der Waals surface area contributed by atoms with Crippen LogP contribution in [0, 0.1) is 0 Å². The Labute approximate surface area is 57.9 Å². The van der Waals surface area contributed by atoms with Gasteiger partial charge in [-0.3, -0.25) is 0 Å². The van der Waals surface area contributed by atoms with E-state index in [9.17, 15) is 0 Å². The molecule has 9 heavy (non-hydrogen) atoms. The predicted octanol–water partition coefficient (Wildman–Crippen LogP) is 1.77. The van der Waals surface area contributed by atoms with Crippen molar-refractivity contribution in [2.24, 2.45) is 0 Å². The van der Waals surface area contributed by atoms with Gasteiger partial charge in [-0.25, -0.2) is 0 Å². The van der Waals surface area contributed by atoms with Crippen LogP contribution in [-0.2, 0) is 11.2 Å². The van der Waals surface area contributed by atoms with E-state index in [1.165, 1.54) is 0 Å². The average molecular weight is 141 g/mol. The smallest absolute Gasteiger partial charge is 0.182 e. The maximum absolute atomic E-state index is 9.05. The van der Waals surface area contributed by atoms with Gasteiger partial charge in [0.25, 0.3) is 0 Å². The molecule has 1 unspecified atom stereocenters. The molecule has 0 aromatic heterocycles. The van der Waals surface area contributed by atoms with Gasteiger partial charge in [0.2, 0.25) is 0 Å². The third-order valence-electron chi connectivity index (χ3n) is 1.08. The molecular formula is C7H9OS+. The van der Waals surface area contributed by atoms with Gasteiger partial charge >= 0.3 is 0 Å². The molecule has 2 heteroatoms. The zero-order valence-corrected chi connectivity index (χ0v) is 6.06. The minimum Gasteiger partial charge on any atom is -0.182 e. The molecule has 0 aliphatic rings. The fourth-order valence-corrected chi connectivity index (χ4v) is 1.17. The van der Waals surface area contributed by atoms with Crippen LogP contribution in [0.1, 0.15) is 0 Å². The predicted molar refractivity (Wildman–Crippen MR) is 40.6 cm³/mol. The molecule has 0 fully saturated rings. The van der Waals surface area contributed by atoms with Crippen molar-refractivity contribution >= 4 is 11.2 Å². The quantitative estimate of drug-likeness (QED) is 0.591. The molecule has 1 N–H and O–H groups in total. The summed E-state index contributed by atoms with van der Waals surface area (Å²) in [5.41, 5.74) is 0. The monoisotopic (exact) mass is 141 g/mol. The molecule has 0 aliphatic heterocycles. The lowest BCUT2D eigenvalue weighted by Crippen LogP contribution is -1.94. The van der Waals surface area contributed by atoms with Gasteiger partial charge < -0.3 is 0 Å². The summed E-state index contributed by atoms with van der Waals surface area (Å²) in [6.45, 7) is 0. The maximum atomic E-state index is 9.05. The lowest BCUT2D eigenvalue weighted by molar-refractivity contribution is 0.645. The summed E-state index contributed by atoms with van der Waals surface area (Å²) in [5.74, 6) is 0. The summed E-state index contributed by atoms with van der Waals surface area (Å²) < 4.78 is 9.05. The van der Waals surface area contributed by atoms with Gasteiger partial charge in [-0.2, -0.15) is 4.55 Å². The van der Waals surface area contributed by atoms with Crippen LogP contribution >= 0.6 is 0 Å². The van der Waals surface area contributed by atoms with Crippen molar-refractivity contribution in [3.63, 3.8) is 0 Å². The third kappa shape index (κ3) is 1.73. The van der Waals surface area contributed by atoms with E-state index in [2.05, 4.69) is 0 Å². The summed E-state index contributed by atoms with van der Waals surface area (Å²) in [6.07, 6.45) is 1.79. The summed E-state index contributed by atoms with van der Waals surface area (Å²) in [7, 11) is 0. The minimum absolute atomic E-state index is 0.579. The fourth-order valence-electron chi connectivity index (χ4n) is 0.617. The van der Waals surface area contributed by atoms with Gasteiger partial charge in [0, 0.05) is 0 Å². The van der Waals surface area contributed by atoms with E-state index in [0.29, 0.717) is 0 Å². The Bertz CT molecular complexity index is 172. The Morgan fingerprint density at radius 1 is 1.22 bits per heavy atom. The molecule has 1 nitrogen and oxygen atoms in total. The van der Waals surface area contributed by atoms with Gasteiger partial charge in [-0.05, 0) is 12.1 Å². The normalized spacial score (nSPS) is 13.1. The fraction of sp³-hybridized carbons (Fsp3) is 0.143. The van der Waals surface area contributed by atoms with Crippen LogP contribution in [0.3, 0.4) is 0 Å². The van der Waals surface area contributed by atoms with Crippen LogP contribution in [0.25, 0.3) is 0 Å². The molecule has 1 aromatic carbocycles. The van der Waals surface area contributed by atoms with Crippen LogP contribution in [0.4, 0.5) is 0 Å². The van der Waals surface area contributed by atoms with Crippen molar-refractivity contribution in [2.45, 2.75) is 4.90 Å². The number of hydrogen-bond acceptors (Lipinski definition) is 1.